The Morgan fingerprint density at radius 3 is 1.71 bits per heavy atom. The minimum Gasteiger partial charge on any atom is -0.370 e. The van der Waals surface area contributed by atoms with Gasteiger partial charge in [-0.15, -0.1) is 0 Å². The van der Waals surface area contributed by atoms with E-state index in [2.05, 4.69) is 68.1 Å². The third-order valence-corrected chi connectivity index (χ3v) is 16.0. The van der Waals surface area contributed by atoms with Crippen molar-refractivity contribution in [3.63, 3.8) is 0 Å². The van der Waals surface area contributed by atoms with Crippen LogP contribution in [-0.2, 0) is 72.0 Å². The first-order valence-corrected chi connectivity index (χ1v) is 31.5. The van der Waals surface area contributed by atoms with E-state index in [0.29, 0.717) is 69.4 Å². The number of carbonyl (C=O) groups is 11. The van der Waals surface area contributed by atoms with Gasteiger partial charge in [0, 0.05) is 54.7 Å². The first-order chi connectivity index (χ1) is 43.5. The fourth-order valence-corrected chi connectivity index (χ4v) is 10.6. The Morgan fingerprint density at radius 2 is 1.12 bits per heavy atom. The molecule has 0 aliphatic carbocycles. The smallest absolute Gasteiger partial charge is 0.243 e. The molecule has 1 saturated heterocycles. The Balaban J connectivity index is 1.35. The number of nitrogens with zero attached hydrogens (tertiary/aromatic N) is 1. The van der Waals surface area contributed by atoms with E-state index >= 15 is 0 Å². The highest BCUT2D eigenvalue weighted by molar-refractivity contribution is 5.99. The van der Waals surface area contributed by atoms with Crippen LogP contribution in [-0.4, -0.2) is 160 Å². The van der Waals surface area contributed by atoms with Gasteiger partial charge in [0.05, 0.1) is 12.4 Å². The van der Waals surface area contributed by atoms with Crippen LogP contribution in [0, 0.1) is 11.8 Å². The van der Waals surface area contributed by atoms with Crippen LogP contribution in [0.1, 0.15) is 128 Å². The second-order valence-corrected chi connectivity index (χ2v) is 23.8. The van der Waals surface area contributed by atoms with Crippen molar-refractivity contribution in [1.29, 1.82) is 0 Å². The number of benzene rings is 2. The van der Waals surface area contributed by atoms with Gasteiger partial charge in [-0.05, 0) is 120 Å². The summed E-state index contributed by atoms with van der Waals surface area (Å²) in [6, 6.07) is 4.16. The summed E-state index contributed by atoms with van der Waals surface area (Å²) in [5, 5.41) is 28.6. The first kappa shape index (κ1) is 73.0. The van der Waals surface area contributed by atoms with Crippen molar-refractivity contribution in [2.24, 2.45) is 34.8 Å². The summed E-state index contributed by atoms with van der Waals surface area (Å²) in [6.07, 6.45) is 7.78. The average molecular weight is 1270 g/mol. The van der Waals surface area contributed by atoms with Gasteiger partial charge in [0.1, 0.15) is 54.4 Å². The summed E-state index contributed by atoms with van der Waals surface area (Å²) in [4.78, 5) is 163. The lowest BCUT2D eigenvalue weighted by atomic mass is 9.96. The maximum Gasteiger partial charge on any atom is 0.243 e. The van der Waals surface area contributed by atoms with Gasteiger partial charge in [-0.1, -0.05) is 82.6 Å². The number of hydrogen-bond acceptors (Lipinski definition) is 15. The molecule has 91 heavy (non-hydrogen) atoms. The number of rotatable bonds is 40. The monoisotopic (exact) mass is 1270 g/mol. The molecule has 3 heterocycles. The van der Waals surface area contributed by atoms with Crippen molar-refractivity contribution in [2.75, 3.05) is 19.6 Å². The molecule has 0 spiro atoms. The minimum atomic E-state index is -1.50. The topological polar surface area (TPSA) is 457 Å². The number of fused-ring (bicyclic) bond motifs is 1. The third kappa shape index (κ3) is 23.9. The minimum absolute atomic E-state index is 0.00871. The first-order valence-electron chi connectivity index (χ1n) is 31.5. The maximum atomic E-state index is 14.7. The van der Waals surface area contributed by atoms with Crippen molar-refractivity contribution in [2.45, 2.75) is 191 Å². The number of primary amides is 2. The summed E-state index contributed by atoms with van der Waals surface area (Å²) in [7, 11) is 0. The van der Waals surface area contributed by atoms with E-state index in [-0.39, 0.29) is 63.2 Å². The summed E-state index contributed by atoms with van der Waals surface area (Å²) >= 11 is 0. The lowest BCUT2D eigenvalue weighted by molar-refractivity contribution is -0.136. The van der Waals surface area contributed by atoms with Crippen LogP contribution in [0.2, 0.25) is 0 Å². The van der Waals surface area contributed by atoms with Crippen LogP contribution in [0.4, 0.5) is 0 Å². The third-order valence-electron chi connectivity index (χ3n) is 16.0. The molecule has 498 valence electrons. The summed E-state index contributed by atoms with van der Waals surface area (Å²) in [6.45, 7) is 9.81. The number of imidazole rings is 1. The molecule has 0 unspecified atom stereocenters. The van der Waals surface area contributed by atoms with E-state index < -0.39 is 125 Å². The lowest BCUT2D eigenvalue weighted by Crippen LogP contribution is -2.61. The van der Waals surface area contributed by atoms with Crippen LogP contribution in [0.5, 0.6) is 0 Å². The number of nitrogens with one attached hydrogen (secondary N) is 12. The molecule has 28 nitrogen and oxygen atoms in total. The predicted octanol–water partition coefficient (Wildman–Crippen LogP) is -0.845. The molecule has 28 heteroatoms. The highest BCUT2D eigenvalue weighted by Gasteiger charge is 2.37. The Bertz CT molecular complexity index is 3040. The zero-order chi connectivity index (χ0) is 66.6. The number of nitrogens with two attached hydrogens (primary N) is 4. The number of carbonyl (C=O) groups excluding carboxylic acids is 11. The number of aromatic amines is 2. The summed E-state index contributed by atoms with van der Waals surface area (Å²) < 4.78 is 0. The van der Waals surface area contributed by atoms with Gasteiger partial charge in [0.2, 0.25) is 65.0 Å². The quantitative estimate of drug-likeness (QED) is 0.0241. The number of amides is 11. The van der Waals surface area contributed by atoms with Crippen LogP contribution < -0.4 is 76.1 Å². The van der Waals surface area contributed by atoms with Gasteiger partial charge in [-0.25, -0.2) is 4.98 Å². The Morgan fingerprint density at radius 1 is 0.571 bits per heavy atom. The van der Waals surface area contributed by atoms with Crippen molar-refractivity contribution < 1.29 is 52.7 Å². The molecule has 11 atom stereocenters. The van der Waals surface area contributed by atoms with Gasteiger partial charge < -0.3 is 86.1 Å². The lowest BCUT2D eigenvalue weighted by Gasteiger charge is -2.29. The highest BCUT2D eigenvalue weighted by atomic mass is 16.2. The second-order valence-electron chi connectivity index (χ2n) is 23.8. The van der Waals surface area contributed by atoms with Crippen molar-refractivity contribution in [1.82, 2.24) is 68.1 Å². The largest absolute Gasteiger partial charge is 0.370 e. The fraction of sp³-hybridized carbons (Fsp3) is 0.556. The SMILES string of the molecule is CC[C@H](C)[C@H](NC(=O)[C@H](C)NC(=O)[C@H](Cc1c[nH]c2ccccc12)NC(=O)[C@@H]1CCCN1)C(=O)N[C@@H](CCC(N)=O)C(=O)N[C@@H](CC(C)C)C(=O)N[C@@H](Cc1ccccc1)C(=O)N[C@@H](Cc1cnc[nH]1)C(=O)N[C@@H](CCCCN)C(=O)N[C@@H](CCCCN)C(N)=O. The van der Waals surface area contributed by atoms with Crippen LogP contribution in [0.25, 0.3) is 10.9 Å². The molecule has 20 N–H and O–H groups in total. The number of hydrogen-bond donors (Lipinski definition) is 16. The van der Waals surface area contributed by atoms with Gasteiger partial charge in [0.15, 0.2) is 0 Å². The van der Waals surface area contributed by atoms with Crippen LogP contribution in [0.3, 0.4) is 0 Å². The molecule has 11 amide bonds. The summed E-state index contributed by atoms with van der Waals surface area (Å²) in [5.41, 5.74) is 25.3. The second kappa shape index (κ2) is 37.4. The molecule has 0 saturated carbocycles. The van der Waals surface area contributed by atoms with Gasteiger partial charge in [0.25, 0.3) is 0 Å². The predicted molar refractivity (Wildman–Crippen MR) is 341 cm³/mol. The molecule has 2 aromatic heterocycles. The Kier molecular flexibility index (Phi) is 30.0. The van der Waals surface area contributed by atoms with Crippen LogP contribution in [0.15, 0.2) is 73.3 Å². The van der Waals surface area contributed by atoms with Crippen molar-refractivity contribution in [3.8, 4) is 0 Å². The van der Waals surface area contributed by atoms with E-state index in [1.54, 1.807) is 64.2 Å². The maximum absolute atomic E-state index is 14.7. The zero-order valence-corrected chi connectivity index (χ0v) is 52.8. The molecule has 1 aliphatic heterocycles. The molecule has 2 aromatic carbocycles. The van der Waals surface area contributed by atoms with E-state index in [1.165, 1.54) is 19.4 Å². The van der Waals surface area contributed by atoms with E-state index in [9.17, 15) is 52.7 Å². The molecule has 0 radical (unpaired) electrons. The van der Waals surface area contributed by atoms with Crippen LogP contribution >= 0.6 is 0 Å². The van der Waals surface area contributed by atoms with Gasteiger partial charge in [-0.2, -0.15) is 0 Å². The normalized spacial score (nSPS) is 16.2. The molecular formula is C63H95N17O11. The Labute approximate surface area is 530 Å². The van der Waals surface area contributed by atoms with E-state index in [4.69, 9.17) is 22.9 Å². The summed E-state index contributed by atoms with van der Waals surface area (Å²) in [5.74, 6) is -8.99. The standard InChI is InChI=1S/C63H95N17O11/c1-6-37(4)53(80-55(83)38(5)72-59(87)50(78-56(84)45-23-16-28-69-45)31-40-33-70-43-20-11-10-19-42(40)43)63(91)75-47(24-25-52(66)81)58(86)76-48(29-36(2)3)60(88)77-49(30-39-17-8-7-9-18-39)61(89)79-51(32-41-34-68-35-71-41)62(90)74-46(22-13-15-27-65)57(85)73-44(54(67)82)21-12-14-26-64/h7-11,17-20,33-38,44-51,53,69-70H,6,12-16,21-32,64-65H2,1-5H3,(H2,66,81)(H2,67,82)(H,68,71)(H,72,87)(H,73,85)(H,74,90)(H,75,91)(H,76,86)(H,77,88)(H,78,84)(H,79,89)(H,80,83)/t37-,38-,44-,45-,46-,47-,48-,49-,50-,51-,53-/m0/s1. The van der Waals surface area contributed by atoms with Crippen molar-refractivity contribution in [3.05, 3.63) is 90.1 Å². The molecule has 1 fully saturated rings. The zero-order valence-electron chi connectivity index (χ0n) is 52.8. The van der Waals surface area contributed by atoms with Gasteiger partial charge >= 0.3 is 0 Å². The molecule has 1 aliphatic rings. The molecular weight excluding hydrogens is 1170 g/mol. The fourth-order valence-electron chi connectivity index (χ4n) is 10.6. The molecule has 5 rings (SSSR count). The molecule has 0 bridgehead atoms. The van der Waals surface area contributed by atoms with E-state index in [1.807, 2.05) is 24.3 Å². The Hall–Kier alpha value is -8.76. The van der Waals surface area contributed by atoms with E-state index in [0.717, 1.165) is 22.9 Å². The van der Waals surface area contributed by atoms with Gasteiger partial charge in [-0.3, -0.25) is 52.7 Å². The average Bonchev–Trinajstić information content (AvgIpc) is 2.40. The highest BCUT2D eigenvalue weighted by Crippen LogP contribution is 2.20. The van der Waals surface area contributed by atoms with Crippen molar-refractivity contribution >= 4 is 75.9 Å². The number of para-hydroxylation sites is 1. The number of H-pyrrole nitrogens is 2. The number of unbranched alkanes of at least 4 members (excludes halogenated alkanes) is 2. The molecule has 4 aromatic rings. The number of aromatic nitrogens is 3.